The topological polar surface area (TPSA) is 98.7 Å². The number of rotatable bonds is 6. The molecule has 1 aromatic rings. The average Bonchev–Trinajstić information content (AvgIpc) is 2.61. The minimum absolute atomic E-state index is 0.0871. The summed E-state index contributed by atoms with van der Waals surface area (Å²) in [5.41, 5.74) is 0.735. The molecule has 142 valence electrons. The number of benzene rings is 1. The zero-order valence-corrected chi connectivity index (χ0v) is 15.5. The Hall–Kier alpha value is -2.28. The van der Waals surface area contributed by atoms with Gasteiger partial charge in [0, 0.05) is 25.3 Å². The second-order valence-corrected chi connectivity index (χ2v) is 6.91. The smallest absolute Gasteiger partial charge is 0.321 e. The third kappa shape index (κ3) is 5.91. The van der Waals surface area contributed by atoms with Crippen LogP contribution < -0.4 is 10.6 Å². The van der Waals surface area contributed by atoms with Gasteiger partial charge in [0.25, 0.3) is 5.91 Å². The van der Waals surface area contributed by atoms with Crippen LogP contribution in [-0.2, 0) is 4.79 Å². The summed E-state index contributed by atoms with van der Waals surface area (Å²) in [6.45, 7) is 0.0871. The van der Waals surface area contributed by atoms with Crippen LogP contribution in [0.5, 0.6) is 0 Å². The summed E-state index contributed by atoms with van der Waals surface area (Å²) in [5.74, 6) is -1.23. The summed E-state index contributed by atoms with van der Waals surface area (Å²) in [6, 6.07) is 4.40. The number of carboxylic acids is 1. The van der Waals surface area contributed by atoms with Crippen molar-refractivity contribution in [1.82, 2.24) is 10.2 Å². The van der Waals surface area contributed by atoms with Crippen molar-refractivity contribution in [1.29, 1.82) is 0 Å². The van der Waals surface area contributed by atoms with Crippen LogP contribution in [0.15, 0.2) is 18.2 Å². The number of urea groups is 1. The monoisotopic (exact) mass is 381 g/mol. The molecular weight excluding hydrogens is 358 g/mol. The van der Waals surface area contributed by atoms with Crippen LogP contribution in [0.4, 0.5) is 10.5 Å². The maximum Gasteiger partial charge on any atom is 0.321 e. The Balaban J connectivity index is 2.00. The molecule has 1 fully saturated rings. The van der Waals surface area contributed by atoms with Crippen molar-refractivity contribution in [3.8, 4) is 0 Å². The van der Waals surface area contributed by atoms with Gasteiger partial charge in [-0.2, -0.15) is 0 Å². The van der Waals surface area contributed by atoms with Crippen LogP contribution in [0.1, 0.15) is 48.9 Å². The number of hydrogen-bond acceptors (Lipinski definition) is 3. The Labute approximate surface area is 157 Å². The van der Waals surface area contributed by atoms with E-state index < -0.39 is 12.0 Å². The molecule has 7 nitrogen and oxygen atoms in total. The van der Waals surface area contributed by atoms with Crippen LogP contribution in [0.3, 0.4) is 0 Å². The highest BCUT2D eigenvalue weighted by atomic mass is 35.5. The molecule has 2 rings (SSSR count). The van der Waals surface area contributed by atoms with Crippen molar-refractivity contribution in [2.75, 3.05) is 18.9 Å². The fourth-order valence-electron chi connectivity index (χ4n) is 2.87. The van der Waals surface area contributed by atoms with Crippen LogP contribution >= 0.6 is 11.6 Å². The summed E-state index contributed by atoms with van der Waals surface area (Å²) in [7, 11) is 1.50. The summed E-state index contributed by atoms with van der Waals surface area (Å²) in [4.78, 5) is 36.5. The molecule has 1 aliphatic rings. The number of halogens is 1. The lowest BCUT2D eigenvalue weighted by Crippen LogP contribution is -2.36. The van der Waals surface area contributed by atoms with Gasteiger partial charge in [-0.3, -0.25) is 9.59 Å². The van der Waals surface area contributed by atoms with Crippen LogP contribution in [0.2, 0.25) is 5.02 Å². The van der Waals surface area contributed by atoms with Gasteiger partial charge in [-0.1, -0.05) is 30.9 Å². The van der Waals surface area contributed by atoms with Crippen molar-refractivity contribution >= 4 is 35.2 Å². The summed E-state index contributed by atoms with van der Waals surface area (Å²) < 4.78 is 0. The average molecular weight is 382 g/mol. The van der Waals surface area contributed by atoms with Crippen molar-refractivity contribution in [3.63, 3.8) is 0 Å². The van der Waals surface area contributed by atoms with Crippen molar-refractivity contribution in [2.24, 2.45) is 0 Å². The molecule has 0 unspecified atom stereocenters. The number of carboxylic acid groups (broad SMARTS) is 1. The summed E-state index contributed by atoms with van der Waals surface area (Å²) >= 11 is 6.14. The largest absolute Gasteiger partial charge is 0.481 e. The molecule has 0 heterocycles. The molecule has 26 heavy (non-hydrogen) atoms. The lowest BCUT2D eigenvalue weighted by molar-refractivity contribution is -0.137. The van der Waals surface area contributed by atoms with Gasteiger partial charge < -0.3 is 20.6 Å². The first kappa shape index (κ1) is 20.0. The lowest BCUT2D eigenvalue weighted by atomic mass is 9.95. The Kier molecular flexibility index (Phi) is 7.26. The maximum atomic E-state index is 12.5. The van der Waals surface area contributed by atoms with Crippen LogP contribution in [-0.4, -0.2) is 47.5 Å². The highest BCUT2D eigenvalue weighted by Crippen LogP contribution is 2.23. The predicted molar refractivity (Wildman–Crippen MR) is 99.7 cm³/mol. The molecule has 0 radical (unpaired) electrons. The zero-order chi connectivity index (χ0) is 19.1. The van der Waals surface area contributed by atoms with E-state index >= 15 is 0 Å². The summed E-state index contributed by atoms with van der Waals surface area (Å²) in [6.07, 6.45) is 5.21. The Morgan fingerprint density at radius 3 is 2.58 bits per heavy atom. The first-order valence-electron chi connectivity index (χ1n) is 8.71. The molecule has 0 spiro atoms. The fourth-order valence-corrected chi connectivity index (χ4v) is 3.07. The van der Waals surface area contributed by atoms with E-state index in [1.54, 1.807) is 12.1 Å². The first-order valence-corrected chi connectivity index (χ1v) is 9.09. The van der Waals surface area contributed by atoms with Gasteiger partial charge in [-0.25, -0.2) is 4.79 Å². The van der Waals surface area contributed by atoms with Gasteiger partial charge in [0.1, 0.15) is 0 Å². The van der Waals surface area contributed by atoms with E-state index in [0.717, 1.165) is 25.7 Å². The molecule has 1 saturated carbocycles. The van der Waals surface area contributed by atoms with Gasteiger partial charge in [0.2, 0.25) is 0 Å². The third-order valence-electron chi connectivity index (χ3n) is 4.41. The minimum atomic E-state index is -0.974. The van der Waals surface area contributed by atoms with Gasteiger partial charge in [-0.05, 0) is 31.0 Å². The van der Waals surface area contributed by atoms with E-state index in [1.807, 2.05) is 0 Å². The van der Waals surface area contributed by atoms with Gasteiger partial charge in [0.15, 0.2) is 0 Å². The van der Waals surface area contributed by atoms with Crippen molar-refractivity contribution in [3.05, 3.63) is 28.8 Å². The Morgan fingerprint density at radius 1 is 1.23 bits per heavy atom. The van der Waals surface area contributed by atoms with Gasteiger partial charge in [0.05, 0.1) is 17.0 Å². The number of aliphatic carboxylic acids is 1. The SMILES string of the molecule is CN(CCC(=O)O)C(=O)Nc1ccc(Cl)c(C(=O)NC2CCCCC2)c1. The normalized spacial score (nSPS) is 14.5. The van der Waals surface area contributed by atoms with Crippen LogP contribution in [0, 0.1) is 0 Å². The van der Waals surface area contributed by atoms with E-state index in [4.69, 9.17) is 16.7 Å². The predicted octanol–water partition coefficient (Wildman–Crippen LogP) is 3.34. The van der Waals surface area contributed by atoms with E-state index in [2.05, 4.69) is 10.6 Å². The number of nitrogens with zero attached hydrogens (tertiary/aromatic N) is 1. The lowest BCUT2D eigenvalue weighted by Gasteiger charge is -2.23. The molecule has 3 N–H and O–H groups in total. The van der Waals surface area contributed by atoms with Gasteiger partial charge >= 0.3 is 12.0 Å². The number of anilines is 1. The molecule has 0 saturated heterocycles. The van der Waals surface area contributed by atoms with E-state index in [0.29, 0.717) is 16.3 Å². The molecule has 1 aromatic carbocycles. The van der Waals surface area contributed by atoms with Gasteiger partial charge in [-0.15, -0.1) is 0 Å². The summed E-state index contributed by atoms with van der Waals surface area (Å²) in [5, 5.41) is 14.6. The molecular formula is C18H24ClN3O4. The molecule has 0 atom stereocenters. The standard InChI is InChI=1S/C18H24ClN3O4/c1-22(10-9-16(23)24)18(26)21-13-7-8-15(19)14(11-13)17(25)20-12-5-3-2-4-6-12/h7-8,11-12H,2-6,9-10H2,1H3,(H,20,25)(H,21,26)(H,23,24). The molecule has 1 aliphatic carbocycles. The maximum absolute atomic E-state index is 12.5. The number of amides is 3. The fraction of sp³-hybridized carbons (Fsp3) is 0.500. The quantitative estimate of drug-likeness (QED) is 0.703. The van der Waals surface area contributed by atoms with Crippen molar-refractivity contribution < 1.29 is 19.5 Å². The highest BCUT2D eigenvalue weighted by Gasteiger charge is 2.19. The Bertz CT molecular complexity index is 674. The van der Waals surface area contributed by atoms with Crippen LogP contribution in [0.25, 0.3) is 0 Å². The number of hydrogen-bond donors (Lipinski definition) is 3. The molecule has 8 heteroatoms. The zero-order valence-electron chi connectivity index (χ0n) is 14.8. The number of carbonyl (C=O) groups excluding carboxylic acids is 2. The molecule has 3 amide bonds. The van der Waals surface area contributed by atoms with E-state index in [1.165, 1.54) is 24.4 Å². The third-order valence-corrected chi connectivity index (χ3v) is 4.74. The highest BCUT2D eigenvalue weighted by molar-refractivity contribution is 6.34. The Morgan fingerprint density at radius 2 is 1.92 bits per heavy atom. The second-order valence-electron chi connectivity index (χ2n) is 6.50. The first-order chi connectivity index (χ1) is 12.4. The number of carbonyl (C=O) groups is 3. The minimum Gasteiger partial charge on any atom is -0.481 e. The molecule has 0 aliphatic heterocycles. The number of nitrogens with one attached hydrogen (secondary N) is 2. The van der Waals surface area contributed by atoms with E-state index in [9.17, 15) is 14.4 Å². The molecule has 0 aromatic heterocycles. The molecule has 0 bridgehead atoms. The second kappa shape index (κ2) is 9.43. The van der Waals surface area contributed by atoms with E-state index in [-0.39, 0.29) is 24.9 Å². The van der Waals surface area contributed by atoms with Crippen molar-refractivity contribution in [2.45, 2.75) is 44.6 Å².